The van der Waals surface area contributed by atoms with Gasteiger partial charge in [-0.1, -0.05) is 19.3 Å². The zero-order chi connectivity index (χ0) is 16.3. The molecule has 124 valence electrons. The number of thioether (sulfide) groups is 1. The molecule has 1 aliphatic carbocycles. The van der Waals surface area contributed by atoms with E-state index in [-0.39, 0.29) is 0 Å². The van der Waals surface area contributed by atoms with E-state index < -0.39 is 9.84 Å². The lowest BCUT2D eigenvalue weighted by Gasteiger charge is -2.20. The van der Waals surface area contributed by atoms with Crippen molar-refractivity contribution in [1.82, 2.24) is 20.2 Å². The van der Waals surface area contributed by atoms with E-state index >= 15 is 0 Å². The maximum atomic E-state index is 11.5. The van der Waals surface area contributed by atoms with Crippen LogP contribution in [0.5, 0.6) is 0 Å². The van der Waals surface area contributed by atoms with Crippen molar-refractivity contribution in [2.24, 2.45) is 0 Å². The lowest BCUT2D eigenvalue weighted by atomic mass is 10.0. The smallest absolute Gasteiger partial charge is 0.175 e. The standard InChI is InChI=1S/C15H20N4O2S2/c1-23(20,21)14-9-7-12(8-10-14)19-15(16-17-18-19)11-22-13-5-3-2-4-6-13/h7-10,13H,2-6,11H2,1H3. The molecule has 1 aromatic heterocycles. The van der Waals surface area contributed by atoms with E-state index in [2.05, 4.69) is 15.5 Å². The minimum atomic E-state index is -3.19. The fourth-order valence-electron chi connectivity index (χ4n) is 2.75. The molecule has 1 aliphatic rings. The van der Waals surface area contributed by atoms with Gasteiger partial charge in [-0.25, -0.2) is 8.42 Å². The molecular formula is C15H20N4O2S2. The molecule has 0 N–H and O–H groups in total. The number of benzene rings is 1. The molecule has 23 heavy (non-hydrogen) atoms. The summed E-state index contributed by atoms with van der Waals surface area (Å²) in [5, 5.41) is 12.6. The molecule has 0 aliphatic heterocycles. The van der Waals surface area contributed by atoms with Gasteiger partial charge < -0.3 is 0 Å². The number of hydrogen-bond donors (Lipinski definition) is 0. The Labute approximate surface area is 140 Å². The van der Waals surface area contributed by atoms with E-state index in [0.717, 1.165) is 17.3 Å². The summed E-state index contributed by atoms with van der Waals surface area (Å²) < 4.78 is 24.7. The van der Waals surface area contributed by atoms with Gasteiger partial charge in [0.2, 0.25) is 0 Å². The Morgan fingerprint density at radius 3 is 2.52 bits per heavy atom. The normalized spacial score (nSPS) is 16.6. The van der Waals surface area contributed by atoms with Crippen LogP contribution in [0.3, 0.4) is 0 Å². The molecule has 1 aromatic carbocycles. The molecule has 0 unspecified atom stereocenters. The Balaban J connectivity index is 1.72. The first-order valence-corrected chi connectivity index (χ1v) is 10.7. The molecule has 8 heteroatoms. The van der Waals surface area contributed by atoms with E-state index in [1.165, 1.54) is 38.4 Å². The second-order valence-electron chi connectivity index (χ2n) is 5.84. The second-order valence-corrected chi connectivity index (χ2v) is 9.15. The van der Waals surface area contributed by atoms with E-state index in [0.29, 0.717) is 10.1 Å². The lowest BCUT2D eigenvalue weighted by Crippen LogP contribution is -2.10. The van der Waals surface area contributed by atoms with E-state index in [4.69, 9.17) is 0 Å². The summed E-state index contributed by atoms with van der Waals surface area (Å²) in [7, 11) is -3.19. The summed E-state index contributed by atoms with van der Waals surface area (Å²) in [5.74, 6) is 1.57. The third-order valence-electron chi connectivity index (χ3n) is 4.04. The van der Waals surface area contributed by atoms with Crippen molar-refractivity contribution < 1.29 is 8.42 Å². The minimum Gasteiger partial charge on any atom is -0.224 e. The van der Waals surface area contributed by atoms with Crippen molar-refractivity contribution >= 4 is 21.6 Å². The van der Waals surface area contributed by atoms with Crippen LogP contribution >= 0.6 is 11.8 Å². The van der Waals surface area contributed by atoms with Gasteiger partial charge in [-0.05, 0) is 47.5 Å². The zero-order valence-electron chi connectivity index (χ0n) is 13.1. The van der Waals surface area contributed by atoms with E-state index in [1.807, 2.05) is 11.8 Å². The Bertz CT molecular complexity index is 750. The summed E-state index contributed by atoms with van der Waals surface area (Å²) in [5.41, 5.74) is 0.779. The molecule has 1 heterocycles. The van der Waals surface area contributed by atoms with Crippen LogP contribution in [0.4, 0.5) is 0 Å². The highest BCUT2D eigenvalue weighted by Gasteiger charge is 2.16. The largest absolute Gasteiger partial charge is 0.224 e. The molecule has 0 amide bonds. The lowest BCUT2D eigenvalue weighted by molar-refractivity contribution is 0.516. The molecule has 0 atom stereocenters. The van der Waals surface area contributed by atoms with Gasteiger partial charge in [-0.3, -0.25) is 0 Å². The Kier molecular flexibility index (Phi) is 5.01. The molecule has 0 bridgehead atoms. The molecule has 3 rings (SSSR count). The molecule has 2 aromatic rings. The van der Waals surface area contributed by atoms with E-state index in [9.17, 15) is 8.42 Å². The van der Waals surface area contributed by atoms with Gasteiger partial charge in [-0.15, -0.1) is 5.10 Å². The van der Waals surface area contributed by atoms with Gasteiger partial charge in [0.1, 0.15) is 0 Å². The number of sulfone groups is 1. The van der Waals surface area contributed by atoms with Crippen LogP contribution in [0.2, 0.25) is 0 Å². The summed E-state index contributed by atoms with van der Waals surface area (Å²) in [4.78, 5) is 0.299. The molecule has 1 fully saturated rings. The van der Waals surface area contributed by atoms with Gasteiger partial charge in [0.15, 0.2) is 15.7 Å². The highest BCUT2D eigenvalue weighted by Crippen LogP contribution is 2.30. The number of nitrogens with zero attached hydrogens (tertiary/aromatic N) is 4. The molecule has 1 saturated carbocycles. The first kappa shape index (κ1) is 16.4. The van der Waals surface area contributed by atoms with Crippen molar-refractivity contribution in [3.63, 3.8) is 0 Å². The molecule has 0 radical (unpaired) electrons. The first-order chi connectivity index (χ1) is 11.0. The van der Waals surface area contributed by atoms with Gasteiger partial charge in [-0.2, -0.15) is 16.4 Å². The Morgan fingerprint density at radius 2 is 1.87 bits per heavy atom. The van der Waals surface area contributed by atoms with Crippen LogP contribution in [-0.2, 0) is 15.6 Å². The summed E-state index contributed by atoms with van der Waals surface area (Å²) >= 11 is 1.91. The monoisotopic (exact) mass is 352 g/mol. The maximum absolute atomic E-state index is 11.5. The number of hydrogen-bond acceptors (Lipinski definition) is 6. The van der Waals surface area contributed by atoms with Gasteiger partial charge in [0.25, 0.3) is 0 Å². The van der Waals surface area contributed by atoms with Crippen molar-refractivity contribution in [2.45, 2.75) is 48.0 Å². The van der Waals surface area contributed by atoms with Gasteiger partial charge in [0, 0.05) is 11.5 Å². The predicted octanol–water partition coefficient (Wildman–Crippen LogP) is 2.63. The number of aromatic nitrogens is 4. The van der Waals surface area contributed by atoms with Crippen LogP contribution in [0, 0.1) is 0 Å². The average Bonchev–Trinajstić information content (AvgIpc) is 3.02. The quantitative estimate of drug-likeness (QED) is 0.823. The van der Waals surface area contributed by atoms with Crippen LogP contribution in [0.25, 0.3) is 5.69 Å². The molecular weight excluding hydrogens is 332 g/mol. The van der Waals surface area contributed by atoms with E-state index in [1.54, 1.807) is 28.9 Å². The summed E-state index contributed by atoms with van der Waals surface area (Å²) in [6, 6.07) is 6.65. The van der Waals surface area contributed by atoms with Crippen LogP contribution < -0.4 is 0 Å². The van der Waals surface area contributed by atoms with Crippen molar-refractivity contribution in [3.05, 3.63) is 30.1 Å². The van der Waals surface area contributed by atoms with Crippen molar-refractivity contribution in [1.29, 1.82) is 0 Å². The highest BCUT2D eigenvalue weighted by molar-refractivity contribution is 7.99. The molecule has 0 spiro atoms. The molecule has 6 nitrogen and oxygen atoms in total. The van der Waals surface area contributed by atoms with Gasteiger partial charge >= 0.3 is 0 Å². The summed E-state index contributed by atoms with van der Waals surface area (Å²) in [6.45, 7) is 0. The average molecular weight is 352 g/mol. The second kappa shape index (κ2) is 7.00. The topological polar surface area (TPSA) is 77.7 Å². The van der Waals surface area contributed by atoms with Crippen LogP contribution in [0.15, 0.2) is 29.2 Å². The Hall–Kier alpha value is -1.41. The predicted molar refractivity (Wildman–Crippen MR) is 90.4 cm³/mol. The first-order valence-electron chi connectivity index (χ1n) is 7.73. The third-order valence-corrected chi connectivity index (χ3v) is 6.54. The van der Waals surface area contributed by atoms with Crippen LogP contribution in [-0.4, -0.2) is 40.1 Å². The van der Waals surface area contributed by atoms with Crippen molar-refractivity contribution in [2.75, 3.05) is 6.26 Å². The molecule has 0 saturated heterocycles. The van der Waals surface area contributed by atoms with Crippen LogP contribution in [0.1, 0.15) is 37.9 Å². The fourth-order valence-corrected chi connectivity index (χ4v) is 4.62. The SMILES string of the molecule is CS(=O)(=O)c1ccc(-n2nnnc2CSC2CCCCC2)cc1. The third kappa shape index (κ3) is 4.11. The number of tetrazole rings is 1. The fraction of sp³-hybridized carbons (Fsp3) is 0.533. The Morgan fingerprint density at radius 1 is 1.17 bits per heavy atom. The van der Waals surface area contributed by atoms with Crippen molar-refractivity contribution in [3.8, 4) is 5.69 Å². The minimum absolute atomic E-state index is 0.299. The highest BCUT2D eigenvalue weighted by atomic mass is 32.2. The number of rotatable bonds is 5. The van der Waals surface area contributed by atoms with Gasteiger partial charge in [0.05, 0.1) is 16.3 Å². The summed E-state index contributed by atoms with van der Waals surface area (Å²) in [6.07, 6.45) is 7.72. The zero-order valence-corrected chi connectivity index (χ0v) is 14.7. The maximum Gasteiger partial charge on any atom is 0.175 e.